The van der Waals surface area contributed by atoms with Gasteiger partial charge in [-0.05, 0) is 25.1 Å². The van der Waals surface area contributed by atoms with Crippen molar-refractivity contribution in [2.24, 2.45) is 0 Å². The van der Waals surface area contributed by atoms with Crippen LogP contribution in [0.2, 0.25) is 0 Å². The van der Waals surface area contributed by atoms with Gasteiger partial charge in [-0.25, -0.2) is 0 Å². The summed E-state index contributed by atoms with van der Waals surface area (Å²) in [5.41, 5.74) is 6.69. The third-order valence-corrected chi connectivity index (χ3v) is 2.51. The molecule has 0 fully saturated rings. The predicted molar refractivity (Wildman–Crippen MR) is 68.1 cm³/mol. The number of nitrogen functional groups attached to an aromatic ring is 1. The first kappa shape index (κ1) is 11.7. The first-order valence-corrected chi connectivity index (χ1v) is 5.65. The van der Waals surface area contributed by atoms with Crippen LogP contribution >= 0.6 is 0 Å². The van der Waals surface area contributed by atoms with Crippen molar-refractivity contribution in [1.82, 2.24) is 4.98 Å². The molecule has 0 bridgehead atoms. The second kappa shape index (κ2) is 5.50. The number of benzene rings is 1. The van der Waals surface area contributed by atoms with Crippen LogP contribution in [0.4, 0.5) is 5.69 Å². The number of nitrogens with two attached hydrogens (primary N) is 1. The molecule has 1 heterocycles. The van der Waals surface area contributed by atoms with Crippen LogP contribution in [-0.4, -0.2) is 24.8 Å². The summed E-state index contributed by atoms with van der Waals surface area (Å²) < 4.78 is 10.8. The Kier molecular flexibility index (Phi) is 3.77. The summed E-state index contributed by atoms with van der Waals surface area (Å²) in [5, 5.41) is 1.98. The van der Waals surface area contributed by atoms with E-state index in [1.165, 1.54) is 0 Å². The number of aromatic nitrogens is 1. The van der Waals surface area contributed by atoms with E-state index in [0.717, 1.165) is 10.8 Å². The molecule has 2 rings (SSSR count). The van der Waals surface area contributed by atoms with E-state index in [-0.39, 0.29) is 0 Å². The molecule has 0 radical (unpaired) electrons. The van der Waals surface area contributed by atoms with Crippen LogP contribution in [0.1, 0.15) is 6.92 Å². The fourth-order valence-electron chi connectivity index (χ4n) is 1.65. The highest BCUT2D eigenvalue weighted by Gasteiger charge is 2.04. The Morgan fingerprint density at radius 2 is 2.12 bits per heavy atom. The number of ether oxygens (including phenoxy) is 2. The van der Waals surface area contributed by atoms with Crippen molar-refractivity contribution in [1.29, 1.82) is 0 Å². The van der Waals surface area contributed by atoms with Gasteiger partial charge in [0.15, 0.2) is 0 Å². The molecule has 4 heteroatoms. The maximum absolute atomic E-state index is 6.04. The summed E-state index contributed by atoms with van der Waals surface area (Å²) in [6.45, 7) is 3.73. The molecule has 0 aliphatic heterocycles. The average Bonchev–Trinajstić information content (AvgIpc) is 2.37. The predicted octanol–water partition coefficient (Wildman–Crippen LogP) is 2.23. The second-order valence-electron chi connectivity index (χ2n) is 3.62. The second-order valence-corrected chi connectivity index (χ2v) is 3.62. The molecule has 1 aromatic heterocycles. The van der Waals surface area contributed by atoms with Crippen LogP contribution < -0.4 is 10.5 Å². The quantitative estimate of drug-likeness (QED) is 0.634. The Morgan fingerprint density at radius 3 is 2.94 bits per heavy atom. The summed E-state index contributed by atoms with van der Waals surface area (Å²) in [4.78, 5) is 4.05. The molecule has 0 aliphatic rings. The Labute approximate surface area is 100 Å². The van der Waals surface area contributed by atoms with E-state index in [0.29, 0.717) is 31.3 Å². The van der Waals surface area contributed by atoms with Crippen LogP contribution in [0, 0.1) is 0 Å². The summed E-state index contributed by atoms with van der Waals surface area (Å²) in [7, 11) is 0. The van der Waals surface area contributed by atoms with Gasteiger partial charge in [0, 0.05) is 29.8 Å². The van der Waals surface area contributed by atoms with Gasteiger partial charge < -0.3 is 15.2 Å². The lowest BCUT2D eigenvalue weighted by Gasteiger charge is -2.10. The molecule has 2 aromatic rings. The number of anilines is 1. The minimum Gasteiger partial charge on any atom is -0.489 e. The molecule has 0 atom stereocenters. The van der Waals surface area contributed by atoms with Crippen LogP contribution in [0.15, 0.2) is 30.6 Å². The highest BCUT2D eigenvalue weighted by Crippen LogP contribution is 2.29. The maximum Gasteiger partial charge on any atom is 0.142 e. The monoisotopic (exact) mass is 232 g/mol. The van der Waals surface area contributed by atoms with E-state index in [2.05, 4.69) is 4.98 Å². The molecule has 0 saturated carbocycles. The van der Waals surface area contributed by atoms with Crippen molar-refractivity contribution in [2.75, 3.05) is 25.6 Å². The molecule has 2 N–H and O–H groups in total. The molecule has 0 saturated heterocycles. The van der Waals surface area contributed by atoms with Gasteiger partial charge in [0.25, 0.3) is 0 Å². The zero-order valence-corrected chi connectivity index (χ0v) is 9.85. The fraction of sp³-hybridized carbons (Fsp3) is 0.308. The summed E-state index contributed by atoms with van der Waals surface area (Å²) in [5.74, 6) is 0.698. The van der Waals surface area contributed by atoms with Crippen molar-refractivity contribution in [2.45, 2.75) is 6.92 Å². The van der Waals surface area contributed by atoms with Crippen molar-refractivity contribution < 1.29 is 9.47 Å². The van der Waals surface area contributed by atoms with Gasteiger partial charge in [-0.3, -0.25) is 4.98 Å². The van der Waals surface area contributed by atoms with Crippen molar-refractivity contribution in [3.8, 4) is 5.75 Å². The Morgan fingerprint density at radius 1 is 1.24 bits per heavy atom. The number of nitrogens with zero attached hydrogens (tertiary/aromatic N) is 1. The van der Waals surface area contributed by atoms with Crippen molar-refractivity contribution >= 4 is 16.5 Å². The highest BCUT2D eigenvalue weighted by atomic mass is 16.5. The molecular formula is C13H16N2O2. The molecule has 1 aromatic carbocycles. The average molecular weight is 232 g/mol. The SMILES string of the molecule is CCOCCOc1ccc2cnccc2c1N. The van der Waals surface area contributed by atoms with Gasteiger partial charge in [0.05, 0.1) is 12.3 Å². The Hall–Kier alpha value is -1.81. The largest absolute Gasteiger partial charge is 0.489 e. The van der Waals surface area contributed by atoms with Gasteiger partial charge in [0.1, 0.15) is 12.4 Å². The zero-order chi connectivity index (χ0) is 12.1. The molecule has 0 aliphatic carbocycles. The van der Waals surface area contributed by atoms with E-state index in [1.807, 2.05) is 25.1 Å². The standard InChI is InChI=1S/C13H16N2O2/c1-2-16-7-8-17-12-4-3-10-9-15-6-5-11(10)13(12)14/h3-6,9H,2,7-8,14H2,1H3. The molecule has 0 unspecified atom stereocenters. The number of rotatable bonds is 5. The minimum atomic E-state index is 0.509. The van der Waals surface area contributed by atoms with E-state index in [1.54, 1.807) is 12.4 Å². The van der Waals surface area contributed by atoms with E-state index < -0.39 is 0 Å². The highest BCUT2D eigenvalue weighted by molar-refractivity contribution is 5.95. The summed E-state index contributed by atoms with van der Waals surface area (Å²) in [6, 6.07) is 5.71. The summed E-state index contributed by atoms with van der Waals surface area (Å²) >= 11 is 0. The van der Waals surface area contributed by atoms with Crippen molar-refractivity contribution in [3.63, 3.8) is 0 Å². The topological polar surface area (TPSA) is 57.4 Å². The van der Waals surface area contributed by atoms with Gasteiger partial charge in [-0.2, -0.15) is 0 Å². The molecule has 0 amide bonds. The van der Waals surface area contributed by atoms with Gasteiger partial charge >= 0.3 is 0 Å². The molecule has 90 valence electrons. The zero-order valence-electron chi connectivity index (χ0n) is 9.85. The lowest BCUT2D eigenvalue weighted by atomic mass is 10.1. The van der Waals surface area contributed by atoms with Gasteiger partial charge in [0.2, 0.25) is 0 Å². The lowest BCUT2D eigenvalue weighted by Crippen LogP contribution is -2.07. The normalized spacial score (nSPS) is 10.6. The molecular weight excluding hydrogens is 216 g/mol. The first-order valence-electron chi connectivity index (χ1n) is 5.65. The van der Waals surface area contributed by atoms with Gasteiger partial charge in [-0.15, -0.1) is 0 Å². The summed E-state index contributed by atoms with van der Waals surface area (Å²) in [6.07, 6.45) is 3.51. The number of hydrogen-bond donors (Lipinski definition) is 1. The molecule has 0 spiro atoms. The molecule has 17 heavy (non-hydrogen) atoms. The van der Waals surface area contributed by atoms with Crippen LogP contribution in [0.3, 0.4) is 0 Å². The lowest BCUT2D eigenvalue weighted by molar-refractivity contribution is 0.110. The van der Waals surface area contributed by atoms with E-state index >= 15 is 0 Å². The van der Waals surface area contributed by atoms with Crippen LogP contribution in [0.5, 0.6) is 5.75 Å². The van der Waals surface area contributed by atoms with Crippen LogP contribution in [0.25, 0.3) is 10.8 Å². The third-order valence-electron chi connectivity index (χ3n) is 2.51. The van der Waals surface area contributed by atoms with E-state index in [9.17, 15) is 0 Å². The smallest absolute Gasteiger partial charge is 0.142 e. The number of hydrogen-bond acceptors (Lipinski definition) is 4. The van der Waals surface area contributed by atoms with E-state index in [4.69, 9.17) is 15.2 Å². The Bertz CT molecular complexity index is 500. The Balaban J connectivity index is 2.15. The number of fused-ring (bicyclic) bond motifs is 1. The first-order chi connectivity index (χ1) is 8.33. The third kappa shape index (κ3) is 2.65. The fourth-order valence-corrected chi connectivity index (χ4v) is 1.65. The maximum atomic E-state index is 6.04. The number of pyridine rings is 1. The molecule has 4 nitrogen and oxygen atoms in total. The minimum absolute atomic E-state index is 0.509. The van der Waals surface area contributed by atoms with Gasteiger partial charge in [-0.1, -0.05) is 0 Å². The van der Waals surface area contributed by atoms with Crippen molar-refractivity contribution in [3.05, 3.63) is 30.6 Å². The van der Waals surface area contributed by atoms with Crippen LogP contribution in [-0.2, 0) is 4.74 Å².